The van der Waals surface area contributed by atoms with Gasteiger partial charge in [-0.2, -0.15) is 10.3 Å². The van der Waals surface area contributed by atoms with Crippen LogP contribution in [0.1, 0.15) is 5.69 Å². The number of rotatable bonds is 7. The first-order chi connectivity index (χ1) is 15.1. The molecule has 2 heterocycles. The number of hydrogen-bond acceptors (Lipinski definition) is 10. The number of benzene rings is 2. The molecule has 4 rings (SSSR count). The van der Waals surface area contributed by atoms with Crippen molar-refractivity contribution in [3.05, 3.63) is 76.0 Å². The summed E-state index contributed by atoms with van der Waals surface area (Å²) in [6, 6.07) is 14.0. The zero-order chi connectivity index (χ0) is 21.8. The van der Waals surface area contributed by atoms with Crippen molar-refractivity contribution in [2.75, 3.05) is 5.06 Å². The quantitative estimate of drug-likeness (QED) is 0.235. The molecule has 152 valence electrons. The van der Waals surface area contributed by atoms with Gasteiger partial charge in [0.2, 0.25) is 0 Å². The van der Waals surface area contributed by atoms with Gasteiger partial charge in [-0.1, -0.05) is 0 Å². The lowest BCUT2D eigenvalue weighted by Gasteiger charge is -2.21. The zero-order valence-corrected chi connectivity index (χ0v) is 16.4. The van der Waals surface area contributed by atoms with Crippen LogP contribution >= 0.6 is 11.3 Å². The van der Waals surface area contributed by atoms with Crippen LogP contribution in [0, 0.1) is 21.4 Å². The minimum Gasteiger partial charge on any atom is -0.457 e. The van der Waals surface area contributed by atoms with Gasteiger partial charge < -0.3 is 9.57 Å². The fraction of sp³-hybridized carbons (Fsp3) is 0. The van der Waals surface area contributed by atoms with Crippen molar-refractivity contribution >= 4 is 45.1 Å². The molecule has 0 saturated heterocycles. The second-order valence-corrected chi connectivity index (χ2v) is 6.89. The van der Waals surface area contributed by atoms with Crippen LogP contribution in [0.3, 0.4) is 0 Å². The van der Waals surface area contributed by atoms with E-state index in [0.717, 1.165) is 9.76 Å². The van der Waals surface area contributed by atoms with E-state index >= 15 is 0 Å². The number of anilines is 2. The molecule has 0 saturated carbocycles. The van der Waals surface area contributed by atoms with Gasteiger partial charge in [-0.05, 0) is 36.4 Å². The van der Waals surface area contributed by atoms with E-state index in [1.165, 1.54) is 47.9 Å². The average molecular weight is 433 g/mol. The van der Waals surface area contributed by atoms with Gasteiger partial charge in [0, 0.05) is 12.3 Å². The third-order valence-electron chi connectivity index (χ3n) is 4.14. The first kappa shape index (κ1) is 19.7. The highest BCUT2D eigenvalue weighted by Gasteiger charge is 2.24. The number of fused-ring (bicyclic) bond motifs is 1. The highest BCUT2D eigenvalue weighted by Crippen LogP contribution is 2.38. The summed E-state index contributed by atoms with van der Waals surface area (Å²) in [5.74, 6) is 0.454. The second kappa shape index (κ2) is 8.44. The Balaban J connectivity index is 1.73. The summed E-state index contributed by atoms with van der Waals surface area (Å²) < 4.78 is 6.54. The summed E-state index contributed by atoms with van der Waals surface area (Å²) in [4.78, 5) is 35.4. The van der Waals surface area contributed by atoms with E-state index in [1.807, 2.05) is 6.07 Å². The van der Waals surface area contributed by atoms with Gasteiger partial charge in [0.05, 0.1) is 32.4 Å². The van der Waals surface area contributed by atoms with Crippen LogP contribution in [0.25, 0.3) is 10.2 Å². The molecule has 0 atom stereocenters. The number of nitriles is 1. The summed E-state index contributed by atoms with van der Waals surface area (Å²) in [5, 5.41) is 21.7. The van der Waals surface area contributed by atoms with Crippen molar-refractivity contribution in [3.63, 3.8) is 0 Å². The maximum atomic E-state index is 11.8. The van der Waals surface area contributed by atoms with Gasteiger partial charge in [-0.15, -0.1) is 11.3 Å². The van der Waals surface area contributed by atoms with Crippen LogP contribution in [-0.2, 0) is 9.63 Å². The molecule has 31 heavy (non-hydrogen) atoms. The lowest BCUT2D eigenvalue weighted by Crippen LogP contribution is -2.18. The maximum Gasteiger partial charge on any atom is 0.321 e. The normalized spacial score (nSPS) is 10.3. The monoisotopic (exact) mass is 433 g/mol. The third-order valence-corrected chi connectivity index (χ3v) is 4.95. The predicted octanol–water partition coefficient (Wildman–Crippen LogP) is 4.49. The van der Waals surface area contributed by atoms with Crippen LogP contribution < -0.4 is 9.80 Å². The van der Waals surface area contributed by atoms with Crippen molar-refractivity contribution in [1.82, 2.24) is 9.97 Å². The predicted molar refractivity (Wildman–Crippen MR) is 111 cm³/mol. The summed E-state index contributed by atoms with van der Waals surface area (Å²) in [7, 11) is 0. The summed E-state index contributed by atoms with van der Waals surface area (Å²) in [6.07, 6.45) is 1.39. The Labute approximate surface area is 178 Å². The van der Waals surface area contributed by atoms with E-state index in [2.05, 4.69) is 9.97 Å². The molecule has 4 aromatic rings. The van der Waals surface area contributed by atoms with Gasteiger partial charge >= 0.3 is 6.47 Å². The second-order valence-electron chi connectivity index (χ2n) is 6.00. The Kier molecular flexibility index (Phi) is 5.37. The van der Waals surface area contributed by atoms with Gasteiger partial charge in [0.25, 0.3) is 5.69 Å². The molecule has 11 heteroatoms. The minimum absolute atomic E-state index is 0.0199. The number of carbonyl (C=O) groups excluding carboxylic acids is 1. The fourth-order valence-corrected chi connectivity index (χ4v) is 3.49. The molecule has 2 aromatic heterocycles. The molecule has 0 N–H and O–H groups in total. The van der Waals surface area contributed by atoms with Gasteiger partial charge in [0.1, 0.15) is 23.3 Å². The molecular formula is C20H11N5O5S. The molecule has 2 aromatic carbocycles. The van der Waals surface area contributed by atoms with E-state index in [9.17, 15) is 14.9 Å². The molecule has 0 aliphatic rings. The van der Waals surface area contributed by atoms with Crippen LogP contribution in [-0.4, -0.2) is 21.4 Å². The Bertz CT molecular complexity index is 1330. The molecule has 0 aliphatic carbocycles. The molecular weight excluding hydrogens is 422 g/mol. The van der Waals surface area contributed by atoms with E-state index in [1.54, 1.807) is 23.7 Å². The van der Waals surface area contributed by atoms with Crippen molar-refractivity contribution in [2.45, 2.75) is 0 Å². The lowest BCUT2D eigenvalue weighted by molar-refractivity contribution is -0.384. The first-order valence-corrected chi connectivity index (χ1v) is 9.53. The number of nitro groups is 1. The van der Waals surface area contributed by atoms with Crippen LogP contribution in [0.2, 0.25) is 0 Å². The Morgan fingerprint density at radius 3 is 2.74 bits per heavy atom. The number of nitro benzene ring substituents is 1. The van der Waals surface area contributed by atoms with E-state index in [0.29, 0.717) is 17.0 Å². The number of nitrogens with zero attached hydrogens (tertiary/aromatic N) is 5. The van der Waals surface area contributed by atoms with Gasteiger partial charge in [-0.3, -0.25) is 14.9 Å². The summed E-state index contributed by atoms with van der Waals surface area (Å²) in [5.41, 5.74) is 2.53. The topological polar surface area (TPSA) is 131 Å². The largest absolute Gasteiger partial charge is 0.457 e. The molecule has 0 spiro atoms. The van der Waals surface area contributed by atoms with E-state index in [4.69, 9.17) is 14.8 Å². The van der Waals surface area contributed by atoms with Crippen molar-refractivity contribution in [3.8, 4) is 17.6 Å². The number of pyridine rings is 1. The Morgan fingerprint density at radius 1 is 1.13 bits per heavy atom. The molecule has 0 aliphatic heterocycles. The highest BCUT2D eigenvalue weighted by molar-refractivity contribution is 7.16. The Morgan fingerprint density at radius 2 is 1.97 bits per heavy atom. The average Bonchev–Trinajstić information content (AvgIpc) is 3.25. The molecule has 0 bridgehead atoms. The number of ether oxygens (including phenoxy) is 1. The fourth-order valence-electron chi connectivity index (χ4n) is 2.83. The number of hydrogen-bond donors (Lipinski definition) is 0. The zero-order valence-electron chi connectivity index (χ0n) is 15.5. The molecule has 0 unspecified atom stereocenters. The smallest absolute Gasteiger partial charge is 0.321 e. The lowest BCUT2D eigenvalue weighted by atomic mass is 10.2. The van der Waals surface area contributed by atoms with E-state index < -0.39 is 4.92 Å². The first-order valence-electron chi connectivity index (χ1n) is 8.65. The minimum atomic E-state index is -0.613. The maximum absolute atomic E-state index is 11.8. The van der Waals surface area contributed by atoms with Crippen LogP contribution in [0.5, 0.6) is 11.5 Å². The number of thiazole rings is 1. The summed E-state index contributed by atoms with van der Waals surface area (Å²) >= 11 is 1.44. The van der Waals surface area contributed by atoms with Crippen LogP contribution in [0.4, 0.5) is 17.1 Å². The van der Waals surface area contributed by atoms with Gasteiger partial charge in [0.15, 0.2) is 5.69 Å². The highest BCUT2D eigenvalue weighted by atomic mass is 32.1. The standard InChI is InChI=1S/C20H11N5O5S/c21-10-13-7-16(5-6-22-13)30-15-2-3-18(19(9-15)25(27)28)24(29-12-26)14-1-4-20-17(8-14)23-11-31-20/h1-9,11-12H. The van der Waals surface area contributed by atoms with Crippen LogP contribution in [0.15, 0.2) is 60.2 Å². The van der Waals surface area contributed by atoms with Crippen molar-refractivity contribution in [2.24, 2.45) is 0 Å². The van der Waals surface area contributed by atoms with Gasteiger partial charge in [-0.25, -0.2) is 9.97 Å². The summed E-state index contributed by atoms with van der Waals surface area (Å²) in [6.45, 7) is 0.180. The third kappa shape index (κ3) is 4.09. The number of carbonyl (C=O) groups is 1. The Hall–Kier alpha value is -4.56. The molecule has 0 amide bonds. The molecule has 10 nitrogen and oxygen atoms in total. The number of aromatic nitrogens is 2. The molecule has 0 radical (unpaired) electrons. The van der Waals surface area contributed by atoms with Crippen molar-refractivity contribution < 1.29 is 19.3 Å². The van der Waals surface area contributed by atoms with E-state index in [-0.39, 0.29) is 29.3 Å². The van der Waals surface area contributed by atoms with Crippen molar-refractivity contribution in [1.29, 1.82) is 5.26 Å². The molecule has 0 fully saturated rings. The SMILES string of the molecule is N#Cc1cc(Oc2ccc(N(OC=O)c3ccc4scnc4c3)c([N+](=O)[O-])c2)ccn1.